The third-order valence-electron chi connectivity index (χ3n) is 6.44. The fourth-order valence-corrected chi connectivity index (χ4v) is 5.35. The van der Waals surface area contributed by atoms with Crippen molar-refractivity contribution in [2.75, 3.05) is 7.05 Å². The van der Waals surface area contributed by atoms with Crippen LogP contribution < -0.4 is 11.1 Å². The Morgan fingerprint density at radius 1 is 1.05 bits per heavy atom. The van der Waals surface area contributed by atoms with E-state index in [1.165, 1.54) is 57.8 Å². The van der Waals surface area contributed by atoms with E-state index in [0.29, 0.717) is 18.0 Å². The van der Waals surface area contributed by atoms with Crippen molar-refractivity contribution in [3.05, 3.63) is 12.2 Å². The number of nitrogens with two attached hydrogens (primary N) is 1. The van der Waals surface area contributed by atoms with Gasteiger partial charge in [-0.3, -0.25) is 0 Å². The normalized spacial score (nSPS) is 43.0. The van der Waals surface area contributed by atoms with Crippen molar-refractivity contribution in [3.63, 3.8) is 0 Å². The topological polar surface area (TPSA) is 38.0 Å². The summed E-state index contributed by atoms with van der Waals surface area (Å²) in [7, 11) is 2.17. The fraction of sp³-hybridized carbons (Fsp3) is 0.889. The van der Waals surface area contributed by atoms with Crippen molar-refractivity contribution >= 4 is 0 Å². The number of hydrogen-bond donors (Lipinski definition) is 2. The monoisotopic (exact) mass is 276 g/mol. The number of hydrogen-bond acceptors (Lipinski definition) is 2. The zero-order chi connectivity index (χ0) is 13.9. The lowest BCUT2D eigenvalue weighted by Crippen LogP contribution is -2.55. The molecule has 0 saturated heterocycles. The highest BCUT2D eigenvalue weighted by molar-refractivity contribution is 5.01. The molecular weight excluding hydrogens is 244 g/mol. The molecule has 0 aliphatic heterocycles. The molecule has 0 aromatic heterocycles. The standard InChI is InChI=1S/C18H32N2/c1-20-18-15-10-6-5-7-13(15)11-12-16(18)17(19)14-8-3-2-4-9-14/h2-3,13-18,20H,4-12,19H2,1H3/t13?,14?,15?,16?,17-,18?/m0/s1. The minimum absolute atomic E-state index is 0.403. The van der Waals surface area contributed by atoms with Gasteiger partial charge >= 0.3 is 0 Å². The molecule has 3 aliphatic carbocycles. The fourth-order valence-electron chi connectivity index (χ4n) is 5.35. The van der Waals surface area contributed by atoms with E-state index in [1.807, 2.05) is 0 Å². The SMILES string of the molecule is CNC1C2CCCCC2CCC1[C@@H](N)C1CC=CCC1. The lowest BCUT2D eigenvalue weighted by atomic mass is 9.61. The average molecular weight is 276 g/mol. The van der Waals surface area contributed by atoms with Crippen molar-refractivity contribution in [2.24, 2.45) is 29.4 Å². The molecule has 0 heterocycles. The number of allylic oxidation sites excluding steroid dienone is 2. The second-order valence-electron chi connectivity index (χ2n) is 7.39. The first-order chi connectivity index (χ1) is 9.81. The summed E-state index contributed by atoms with van der Waals surface area (Å²) >= 11 is 0. The zero-order valence-electron chi connectivity index (χ0n) is 13.1. The second kappa shape index (κ2) is 6.62. The predicted molar refractivity (Wildman–Crippen MR) is 85.5 cm³/mol. The first kappa shape index (κ1) is 14.6. The van der Waals surface area contributed by atoms with Crippen LogP contribution in [-0.2, 0) is 0 Å². The van der Waals surface area contributed by atoms with Gasteiger partial charge in [-0.05, 0) is 69.2 Å². The van der Waals surface area contributed by atoms with E-state index in [2.05, 4.69) is 24.5 Å². The molecule has 0 amide bonds. The van der Waals surface area contributed by atoms with Crippen molar-refractivity contribution in [2.45, 2.75) is 69.9 Å². The Labute approximate surface area is 124 Å². The molecular formula is C18H32N2. The summed E-state index contributed by atoms with van der Waals surface area (Å²) < 4.78 is 0. The van der Waals surface area contributed by atoms with Crippen LogP contribution in [0.2, 0.25) is 0 Å². The van der Waals surface area contributed by atoms with Crippen LogP contribution in [0.3, 0.4) is 0 Å². The maximum atomic E-state index is 6.74. The molecule has 20 heavy (non-hydrogen) atoms. The van der Waals surface area contributed by atoms with E-state index in [9.17, 15) is 0 Å². The van der Waals surface area contributed by atoms with Crippen molar-refractivity contribution in [1.82, 2.24) is 5.32 Å². The van der Waals surface area contributed by atoms with Gasteiger partial charge in [0.1, 0.15) is 0 Å². The summed E-state index contributed by atoms with van der Waals surface area (Å²) in [5.74, 6) is 3.31. The van der Waals surface area contributed by atoms with Crippen LogP contribution in [0.1, 0.15) is 57.8 Å². The van der Waals surface area contributed by atoms with Crippen LogP contribution in [0.4, 0.5) is 0 Å². The van der Waals surface area contributed by atoms with E-state index < -0.39 is 0 Å². The molecule has 114 valence electrons. The average Bonchev–Trinajstić information content (AvgIpc) is 2.54. The van der Waals surface area contributed by atoms with E-state index in [4.69, 9.17) is 5.73 Å². The number of rotatable bonds is 3. The van der Waals surface area contributed by atoms with Gasteiger partial charge in [-0.2, -0.15) is 0 Å². The summed E-state index contributed by atoms with van der Waals surface area (Å²) in [4.78, 5) is 0. The minimum Gasteiger partial charge on any atom is -0.327 e. The molecule has 5 unspecified atom stereocenters. The largest absolute Gasteiger partial charge is 0.327 e. The van der Waals surface area contributed by atoms with Crippen molar-refractivity contribution in [1.29, 1.82) is 0 Å². The van der Waals surface area contributed by atoms with Gasteiger partial charge in [-0.1, -0.05) is 31.4 Å². The lowest BCUT2D eigenvalue weighted by Gasteiger charge is -2.48. The maximum absolute atomic E-state index is 6.74. The molecule has 0 bridgehead atoms. The van der Waals surface area contributed by atoms with Gasteiger partial charge in [0.25, 0.3) is 0 Å². The highest BCUT2D eigenvalue weighted by atomic mass is 14.9. The number of fused-ring (bicyclic) bond motifs is 1. The molecule has 2 fully saturated rings. The smallest absolute Gasteiger partial charge is 0.0138 e. The van der Waals surface area contributed by atoms with Gasteiger partial charge in [0.2, 0.25) is 0 Å². The summed E-state index contributed by atoms with van der Waals surface area (Å²) in [5.41, 5.74) is 6.74. The first-order valence-electron chi connectivity index (χ1n) is 8.89. The summed E-state index contributed by atoms with van der Waals surface area (Å²) in [6.45, 7) is 0. The molecule has 3 aliphatic rings. The van der Waals surface area contributed by atoms with Crippen molar-refractivity contribution in [3.8, 4) is 0 Å². The third kappa shape index (κ3) is 2.82. The molecule has 2 nitrogen and oxygen atoms in total. The quantitative estimate of drug-likeness (QED) is 0.775. The van der Waals surface area contributed by atoms with Crippen LogP contribution in [0.25, 0.3) is 0 Å². The zero-order valence-corrected chi connectivity index (χ0v) is 13.1. The summed E-state index contributed by atoms with van der Waals surface area (Å²) in [6, 6.07) is 1.08. The minimum atomic E-state index is 0.403. The van der Waals surface area contributed by atoms with Gasteiger partial charge in [-0.25, -0.2) is 0 Å². The molecule has 0 aromatic rings. The van der Waals surface area contributed by atoms with Gasteiger partial charge in [0, 0.05) is 12.1 Å². The summed E-state index contributed by atoms with van der Waals surface area (Å²) in [5, 5.41) is 3.68. The number of nitrogens with one attached hydrogen (secondary N) is 1. The van der Waals surface area contributed by atoms with Crippen molar-refractivity contribution < 1.29 is 0 Å². The Balaban J connectivity index is 1.69. The van der Waals surface area contributed by atoms with Crippen LogP contribution in [0.15, 0.2) is 12.2 Å². The maximum Gasteiger partial charge on any atom is 0.0138 e. The second-order valence-corrected chi connectivity index (χ2v) is 7.39. The predicted octanol–water partition coefficient (Wildman–Crippen LogP) is 3.47. The Morgan fingerprint density at radius 3 is 2.65 bits per heavy atom. The Kier molecular flexibility index (Phi) is 4.83. The molecule has 0 spiro atoms. The highest BCUT2D eigenvalue weighted by Gasteiger charge is 2.43. The first-order valence-corrected chi connectivity index (χ1v) is 8.89. The molecule has 0 aromatic carbocycles. The van der Waals surface area contributed by atoms with Crippen LogP contribution in [0.5, 0.6) is 0 Å². The van der Waals surface area contributed by atoms with Gasteiger partial charge < -0.3 is 11.1 Å². The molecule has 3 rings (SSSR count). The summed E-state index contributed by atoms with van der Waals surface area (Å²) in [6.07, 6.45) is 17.0. The van der Waals surface area contributed by atoms with E-state index in [-0.39, 0.29) is 0 Å². The van der Waals surface area contributed by atoms with E-state index in [1.54, 1.807) is 0 Å². The van der Waals surface area contributed by atoms with E-state index >= 15 is 0 Å². The van der Waals surface area contributed by atoms with Gasteiger partial charge in [0.05, 0.1) is 0 Å². The molecule has 3 N–H and O–H groups in total. The Morgan fingerprint density at radius 2 is 1.90 bits per heavy atom. The Hall–Kier alpha value is -0.340. The highest BCUT2D eigenvalue weighted by Crippen LogP contribution is 2.45. The van der Waals surface area contributed by atoms with Crippen LogP contribution >= 0.6 is 0 Å². The molecule has 0 radical (unpaired) electrons. The van der Waals surface area contributed by atoms with Crippen LogP contribution in [0, 0.1) is 23.7 Å². The lowest BCUT2D eigenvalue weighted by molar-refractivity contribution is 0.0610. The molecule has 2 heteroatoms. The third-order valence-corrected chi connectivity index (χ3v) is 6.44. The molecule has 2 saturated carbocycles. The van der Waals surface area contributed by atoms with Crippen LogP contribution in [-0.4, -0.2) is 19.1 Å². The molecule has 6 atom stereocenters. The Bertz CT molecular complexity index is 338. The van der Waals surface area contributed by atoms with Gasteiger partial charge in [0.15, 0.2) is 0 Å². The van der Waals surface area contributed by atoms with E-state index in [0.717, 1.165) is 17.8 Å². The van der Waals surface area contributed by atoms with Gasteiger partial charge in [-0.15, -0.1) is 0 Å².